The third-order valence-corrected chi connectivity index (χ3v) is 11.4. The van der Waals surface area contributed by atoms with Crippen LogP contribution in [-0.2, 0) is 24.0 Å². The lowest BCUT2D eigenvalue weighted by molar-refractivity contribution is -0.911. The molecule has 19 heteroatoms. The number of Topliss-reactive ketones (excluding diaryl/α,β-unsaturated/α-hetero) is 1. The Balaban J connectivity index is 1.29. The van der Waals surface area contributed by atoms with Crippen LogP contribution in [-0.4, -0.2) is 114 Å². The fraction of sp³-hybridized carbons (Fsp3) is 0.452. The van der Waals surface area contributed by atoms with Gasteiger partial charge >= 0.3 is 5.97 Å². The molecule has 5 rings (SSSR count). The standard InChI is InChI=1S/C31H35ClN6O10S2/c1-31(2,29(46)47)48-36-22(18-14-50-30(33)35-18)20(40)11-17-26(43)37-23(28(44)45)15(13-49-27(17)37)12-38(8-3-4-9-38)10-7-34-25(42)16-5-6-19(39)24(41)21(16)32/h5-6,14,17,27H,3-4,7-13H2,1-2H3,(H6-,33,34,35,36,39,40,41,42,44,45,46,47)/t17-,27-/m1/s1. The highest BCUT2D eigenvalue weighted by Crippen LogP contribution is 2.46. The van der Waals surface area contributed by atoms with Crippen LogP contribution >= 0.6 is 34.7 Å². The summed E-state index contributed by atoms with van der Waals surface area (Å²) in [6.45, 7) is 4.87. The Kier molecular flexibility index (Phi) is 10.7. The number of carbonyl (C=O) groups is 5. The molecule has 6 N–H and O–H groups in total. The second-order valence-corrected chi connectivity index (χ2v) is 15.1. The minimum atomic E-state index is -1.77. The maximum Gasteiger partial charge on any atom is 0.350 e. The highest BCUT2D eigenvalue weighted by atomic mass is 35.5. The molecule has 2 fully saturated rings. The van der Waals surface area contributed by atoms with E-state index in [4.69, 9.17) is 22.2 Å². The molecule has 268 valence electrons. The molecule has 3 aliphatic heterocycles. The number of oxime groups is 1. The summed E-state index contributed by atoms with van der Waals surface area (Å²) in [7, 11) is 0. The van der Waals surface area contributed by atoms with E-state index in [0.29, 0.717) is 36.2 Å². The number of benzene rings is 1. The number of quaternary nitrogens is 1. The molecule has 1 aromatic heterocycles. The van der Waals surface area contributed by atoms with E-state index in [-0.39, 0.29) is 51.5 Å². The first kappa shape index (κ1) is 36.9. The van der Waals surface area contributed by atoms with Crippen molar-refractivity contribution in [2.45, 2.75) is 44.1 Å². The van der Waals surface area contributed by atoms with Crippen molar-refractivity contribution in [3.63, 3.8) is 0 Å². The summed E-state index contributed by atoms with van der Waals surface area (Å²) < 4.78 is 0.458. The van der Waals surface area contributed by atoms with Gasteiger partial charge in [-0.15, -0.1) is 23.1 Å². The molecule has 16 nitrogen and oxygen atoms in total. The van der Waals surface area contributed by atoms with Gasteiger partial charge in [0.1, 0.15) is 12.2 Å². The number of rotatable bonds is 14. The van der Waals surface area contributed by atoms with Crippen LogP contribution in [0.2, 0.25) is 5.02 Å². The molecule has 0 bridgehead atoms. The molecule has 1 aromatic carbocycles. The smallest absolute Gasteiger partial charge is 0.350 e. The van der Waals surface area contributed by atoms with Gasteiger partial charge in [0.05, 0.1) is 59.7 Å². The van der Waals surface area contributed by atoms with Crippen molar-refractivity contribution in [3.8, 4) is 11.5 Å². The zero-order valence-corrected chi connectivity index (χ0v) is 29.4. The van der Waals surface area contributed by atoms with E-state index >= 15 is 0 Å². The lowest BCUT2D eigenvalue weighted by Crippen LogP contribution is -2.64. The molecule has 0 radical (unpaired) electrons. The number of carboxylic acids is 2. The number of halogens is 1. The number of phenols is 2. The van der Waals surface area contributed by atoms with Crippen LogP contribution in [0.5, 0.6) is 11.5 Å². The van der Waals surface area contributed by atoms with Crippen LogP contribution in [0.3, 0.4) is 0 Å². The van der Waals surface area contributed by atoms with Gasteiger partial charge < -0.3 is 45.6 Å². The average molecular weight is 751 g/mol. The summed E-state index contributed by atoms with van der Waals surface area (Å²) in [5, 5.41) is 48.6. The number of aliphatic carboxylic acids is 2. The monoisotopic (exact) mass is 750 g/mol. The molecule has 2 saturated heterocycles. The fourth-order valence-electron chi connectivity index (χ4n) is 6.16. The lowest BCUT2D eigenvalue weighted by atomic mass is 9.89. The topological polar surface area (TPSA) is 245 Å². The van der Waals surface area contributed by atoms with Crippen molar-refractivity contribution in [1.29, 1.82) is 0 Å². The van der Waals surface area contributed by atoms with Gasteiger partial charge in [-0.3, -0.25) is 19.3 Å². The van der Waals surface area contributed by atoms with Gasteiger partial charge in [0.2, 0.25) is 11.5 Å². The van der Waals surface area contributed by atoms with Gasteiger partial charge in [-0.05, 0) is 26.0 Å². The molecular weight excluding hydrogens is 716 g/mol. The quantitative estimate of drug-likeness (QED) is 0.0593. The number of hydrogen-bond donors (Lipinski definition) is 5. The molecule has 4 heterocycles. The number of hydrogen-bond acceptors (Lipinski definition) is 14. The predicted molar refractivity (Wildman–Crippen MR) is 180 cm³/mol. The second-order valence-electron chi connectivity index (χ2n) is 12.7. The number of thiazole rings is 1. The number of anilines is 1. The van der Waals surface area contributed by atoms with Crippen molar-refractivity contribution in [2.75, 3.05) is 44.2 Å². The Labute approximate surface area is 299 Å². The highest BCUT2D eigenvalue weighted by molar-refractivity contribution is 8.00. The number of carboxylic acid groups (broad SMARTS) is 2. The first-order valence-corrected chi connectivity index (χ1v) is 17.8. The molecule has 2 amide bonds. The number of ketones is 1. The summed E-state index contributed by atoms with van der Waals surface area (Å²) in [5.74, 6) is -6.32. The number of nitrogens with zero attached hydrogens (tertiary/aromatic N) is 4. The molecule has 0 aliphatic carbocycles. The van der Waals surface area contributed by atoms with Gasteiger partial charge in [-0.1, -0.05) is 16.8 Å². The van der Waals surface area contributed by atoms with E-state index in [2.05, 4.69) is 15.5 Å². The first-order chi connectivity index (χ1) is 23.5. The van der Waals surface area contributed by atoms with E-state index in [0.717, 1.165) is 35.1 Å². The third-order valence-electron chi connectivity index (χ3n) is 8.92. The van der Waals surface area contributed by atoms with E-state index in [1.54, 1.807) is 0 Å². The Morgan fingerprint density at radius 2 is 1.94 bits per heavy atom. The summed E-state index contributed by atoms with van der Waals surface area (Å²) in [4.78, 5) is 74.2. The Bertz CT molecular complexity index is 1810. The zero-order chi connectivity index (χ0) is 36.5. The van der Waals surface area contributed by atoms with Crippen molar-refractivity contribution >= 4 is 75.1 Å². The van der Waals surface area contributed by atoms with Crippen LogP contribution < -0.4 is 16.2 Å². The number of β-lactam (4-membered cyclic amide) rings is 1. The predicted octanol–water partition coefficient (Wildman–Crippen LogP) is 0.909. The first-order valence-electron chi connectivity index (χ1n) is 15.5. The number of fused-ring (bicyclic) bond motifs is 1. The number of carbonyl (C=O) groups excluding carboxylic acids is 4. The maximum absolute atomic E-state index is 13.5. The largest absolute Gasteiger partial charge is 0.543 e. The number of nitrogens with one attached hydrogen (secondary N) is 1. The Morgan fingerprint density at radius 1 is 1.24 bits per heavy atom. The maximum atomic E-state index is 13.5. The van der Waals surface area contributed by atoms with E-state index < -0.39 is 57.9 Å². The summed E-state index contributed by atoms with van der Waals surface area (Å²) in [5.41, 5.74) is 3.97. The van der Waals surface area contributed by atoms with Crippen LogP contribution in [0.15, 0.2) is 33.9 Å². The van der Waals surface area contributed by atoms with Crippen molar-refractivity contribution in [2.24, 2.45) is 11.1 Å². The number of likely N-dealkylation sites (tertiary alicyclic amines) is 1. The van der Waals surface area contributed by atoms with Crippen LogP contribution in [0.4, 0.5) is 5.13 Å². The summed E-state index contributed by atoms with van der Waals surface area (Å²) in [6, 6.07) is 2.45. The molecule has 2 aromatic rings. The third kappa shape index (κ3) is 7.38. The van der Waals surface area contributed by atoms with Crippen molar-refractivity contribution in [1.82, 2.24) is 15.2 Å². The van der Waals surface area contributed by atoms with E-state index in [9.17, 15) is 44.4 Å². The molecule has 0 unspecified atom stereocenters. The van der Waals surface area contributed by atoms with Crippen LogP contribution in [0, 0.1) is 5.92 Å². The van der Waals surface area contributed by atoms with Crippen LogP contribution in [0.25, 0.3) is 0 Å². The van der Waals surface area contributed by atoms with Gasteiger partial charge in [-0.2, -0.15) is 0 Å². The van der Waals surface area contributed by atoms with E-state index in [1.165, 1.54) is 37.1 Å². The molecular formula is C31H35ClN6O10S2. The average Bonchev–Trinajstić information content (AvgIpc) is 3.71. The van der Waals surface area contributed by atoms with Gasteiger partial charge in [0.15, 0.2) is 28.1 Å². The number of thioether (sulfide) groups is 1. The number of aromatic nitrogens is 1. The molecule has 0 spiro atoms. The van der Waals surface area contributed by atoms with Crippen molar-refractivity contribution in [3.05, 3.63) is 45.1 Å². The number of phenolic OH excluding ortho intramolecular Hbond substituents is 2. The van der Waals surface area contributed by atoms with Crippen LogP contribution in [0.1, 0.15) is 49.2 Å². The molecule has 50 heavy (non-hydrogen) atoms. The molecule has 3 aliphatic rings. The van der Waals surface area contributed by atoms with Gasteiger partial charge in [0.25, 0.3) is 5.91 Å². The van der Waals surface area contributed by atoms with E-state index in [1.807, 2.05) is 0 Å². The highest BCUT2D eigenvalue weighted by Gasteiger charge is 2.53. The summed E-state index contributed by atoms with van der Waals surface area (Å²) in [6.07, 6.45) is 1.40. The number of amides is 2. The number of nitrogen functional groups attached to an aromatic ring is 1. The number of nitrogens with two attached hydrogens (primary N) is 1. The fourth-order valence-corrected chi connectivity index (χ4v) is 8.36. The van der Waals surface area contributed by atoms with Gasteiger partial charge in [0, 0.05) is 36.0 Å². The normalized spacial score (nSPS) is 20.3. The molecule has 0 saturated carbocycles. The summed E-state index contributed by atoms with van der Waals surface area (Å²) >= 11 is 8.39. The minimum absolute atomic E-state index is 0.0123. The lowest BCUT2D eigenvalue weighted by Gasteiger charge is -2.51. The van der Waals surface area contributed by atoms with Crippen molar-refractivity contribution < 1.29 is 53.7 Å². The second kappa shape index (κ2) is 14.5. The Hall–Kier alpha value is -4.39. The molecule has 2 atom stereocenters. The Morgan fingerprint density at radius 3 is 2.56 bits per heavy atom. The minimum Gasteiger partial charge on any atom is -0.543 e. The zero-order valence-electron chi connectivity index (χ0n) is 27.0. The number of aromatic hydroxyl groups is 2. The van der Waals surface area contributed by atoms with Gasteiger partial charge in [-0.25, -0.2) is 9.78 Å². The SMILES string of the molecule is CC(C)(O/N=C(/C(=O)C[C@@H]1C(=O)N2C(C(=O)[O-])=C(C[N+]3(CCNC(=O)c4ccc(O)c(O)c4Cl)CCCC3)CS[C@H]12)c1csc(N)n1)C(=O)O.